The molecule has 0 unspecified atom stereocenters. The molecule has 5 nitrogen and oxygen atoms in total. The van der Waals surface area contributed by atoms with Crippen molar-refractivity contribution in [1.82, 2.24) is 15.2 Å². The zero-order valence-corrected chi connectivity index (χ0v) is 18.3. The molecule has 1 N–H and O–H groups in total. The Bertz CT molecular complexity index is 884. The number of nitrogens with zero attached hydrogens (tertiary/aromatic N) is 2. The molecule has 154 valence electrons. The summed E-state index contributed by atoms with van der Waals surface area (Å²) in [5, 5.41) is 6.09. The van der Waals surface area contributed by atoms with Gasteiger partial charge in [0.15, 0.2) is 0 Å². The van der Waals surface area contributed by atoms with Crippen molar-refractivity contribution in [2.75, 3.05) is 26.2 Å². The normalized spacial score (nSPS) is 16.9. The van der Waals surface area contributed by atoms with Crippen molar-refractivity contribution in [3.8, 4) is 0 Å². The average Bonchev–Trinajstić information content (AvgIpc) is 3.39. The van der Waals surface area contributed by atoms with Crippen LogP contribution in [0, 0.1) is 5.92 Å². The number of thiophene rings is 1. The van der Waals surface area contributed by atoms with Gasteiger partial charge in [0.05, 0.1) is 22.9 Å². The van der Waals surface area contributed by atoms with E-state index < -0.39 is 0 Å². The Morgan fingerprint density at radius 1 is 1.28 bits per heavy atom. The fraction of sp³-hybridized carbons (Fsp3) is 0.455. The molecular formula is C22H27N3O2S2. The summed E-state index contributed by atoms with van der Waals surface area (Å²) < 4.78 is 6.76. The summed E-state index contributed by atoms with van der Waals surface area (Å²) in [5.74, 6) is 0.721. The number of aromatic nitrogens is 1. The molecule has 4 rings (SSSR count). The van der Waals surface area contributed by atoms with Gasteiger partial charge in [-0.25, -0.2) is 4.98 Å². The van der Waals surface area contributed by atoms with Crippen LogP contribution in [-0.4, -0.2) is 42.0 Å². The van der Waals surface area contributed by atoms with Crippen molar-refractivity contribution >= 4 is 38.8 Å². The Morgan fingerprint density at radius 2 is 2.10 bits per heavy atom. The number of carbonyl (C=O) groups is 1. The van der Waals surface area contributed by atoms with Crippen molar-refractivity contribution < 1.29 is 9.53 Å². The van der Waals surface area contributed by atoms with Crippen LogP contribution >= 0.6 is 22.7 Å². The Morgan fingerprint density at radius 3 is 2.86 bits per heavy atom. The van der Waals surface area contributed by atoms with E-state index in [0.717, 1.165) is 34.2 Å². The van der Waals surface area contributed by atoms with Gasteiger partial charge in [-0.1, -0.05) is 25.1 Å². The lowest BCUT2D eigenvalue weighted by Gasteiger charge is -2.36. The second kappa shape index (κ2) is 9.80. The molecular weight excluding hydrogens is 402 g/mol. The second-order valence-electron chi connectivity index (χ2n) is 7.62. The van der Waals surface area contributed by atoms with Gasteiger partial charge in [-0.15, -0.1) is 22.7 Å². The van der Waals surface area contributed by atoms with Crippen LogP contribution < -0.4 is 5.32 Å². The maximum Gasteiger partial charge on any atom is 0.246 e. The lowest BCUT2D eigenvalue weighted by atomic mass is 9.97. The number of rotatable bonds is 8. The number of para-hydroxylation sites is 1. The third-order valence-electron chi connectivity index (χ3n) is 5.42. The highest BCUT2D eigenvalue weighted by Crippen LogP contribution is 2.29. The van der Waals surface area contributed by atoms with Crippen molar-refractivity contribution in [1.29, 1.82) is 0 Å². The third-order valence-corrected chi connectivity index (χ3v) is 7.40. The van der Waals surface area contributed by atoms with Crippen molar-refractivity contribution in [3.63, 3.8) is 0 Å². The van der Waals surface area contributed by atoms with Gasteiger partial charge in [0.1, 0.15) is 11.6 Å². The number of amides is 1. The van der Waals surface area contributed by atoms with Crippen LogP contribution in [0.3, 0.4) is 0 Å². The molecule has 0 spiro atoms. The molecule has 0 radical (unpaired) electrons. The predicted molar refractivity (Wildman–Crippen MR) is 119 cm³/mol. The first-order valence-electron chi connectivity index (χ1n) is 10.2. The van der Waals surface area contributed by atoms with E-state index in [1.54, 1.807) is 22.7 Å². The number of hydrogen-bond acceptors (Lipinski definition) is 6. The van der Waals surface area contributed by atoms with E-state index in [1.165, 1.54) is 17.7 Å². The fourth-order valence-electron chi connectivity index (χ4n) is 3.70. The number of benzene rings is 1. The minimum Gasteiger partial charge on any atom is -0.364 e. The van der Waals surface area contributed by atoms with Crippen LogP contribution in [0.1, 0.15) is 35.7 Å². The maximum absolute atomic E-state index is 12.3. The highest BCUT2D eigenvalue weighted by atomic mass is 32.1. The number of piperidine rings is 1. The smallest absolute Gasteiger partial charge is 0.246 e. The van der Waals surface area contributed by atoms with Gasteiger partial charge >= 0.3 is 0 Å². The maximum atomic E-state index is 12.3. The highest BCUT2D eigenvalue weighted by molar-refractivity contribution is 7.18. The molecule has 1 aliphatic heterocycles. The minimum atomic E-state index is -0.0713. The van der Waals surface area contributed by atoms with E-state index in [2.05, 4.69) is 45.7 Å². The molecule has 0 saturated carbocycles. The summed E-state index contributed by atoms with van der Waals surface area (Å²) in [7, 11) is 0. The number of thiazole rings is 1. The fourth-order valence-corrected chi connectivity index (χ4v) is 5.47. The van der Waals surface area contributed by atoms with E-state index in [0.29, 0.717) is 13.2 Å². The quantitative estimate of drug-likeness (QED) is 0.574. The van der Waals surface area contributed by atoms with Gasteiger partial charge in [0.25, 0.3) is 0 Å². The summed E-state index contributed by atoms with van der Waals surface area (Å²) in [4.78, 5) is 20.7. The lowest BCUT2D eigenvalue weighted by Crippen LogP contribution is -2.42. The van der Waals surface area contributed by atoms with Gasteiger partial charge in [-0.2, -0.15) is 0 Å². The summed E-state index contributed by atoms with van der Waals surface area (Å²) in [6.07, 6.45) is 2.45. The Hall–Kier alpha value is -1.80. The number of fused-ring (bicyclic) bond motifs is 1. The van der Waals surface area contributed by atoms with E-state index in [9.17, 15) is 4.79 Å². The van der Waals surface area contributed by atoms with E-state index in [1.807, 2.05) is 18.2 Å². The van der Waals surface area contributed by atoms with Crippen molar-refractivity contribution in [2.24, 2.45) is 5.92 Å². The first-order chi connectivity index (χ1) is 14.2. The largest absolute Gasteiger partial charge is 0.364 e. The Labute approximate surface area is 179 Å². The van der Waals surface area contributed by atoms with E-state index in [-0.39, 0.29) is 18.6 Å². The Balaban J connectivity index is 1.26. The van der Waals surface area contributed by atoms with Crippen LogP contribution in [0.15, 0.2) is 41.8 Å². The molecule has 1 atom stereocenters. The molecule has 1 fully saturated rings. The zero-order valence-electron chi connectivity index (χ0n) is 16.7. The second-order valence-corrected chi connectivity index (χ2v) is 9.72. The number of nitrogens with one attached hydrogen (secondary N) is 1. The van der Waals surface area contributed by atoms with Crippen LogP contribution in [0.25, 0.3) is 10.2 Å². The monoisotopic (exact) mass is 429 g/mol. The van der Waals surface area contributed by atoms with Crippen LogP contribution in [0.5, 0.6) is 0 Å². The molecule has 2 aromatic heterocycles. The van der Waals surface area contributed by atoms with Crippen LogP contribution in [0.4, 0.5) is 0 Å². The van der Waals surface area contributed by atoms with Crippen LogP contribution in [0.2, 0.25) is 0 Å². The van der Waals surface area contributed by atoms with E-state index >= 15 is 0 Å². The molecule has 29 heavy (non-hydrogen) atoms. The first kappa shape index (κ1) is 20.5. The number of carbonyl (C=O) groups excluding carboxylic acids is 1. The first-order valence-corrected chi connectivity index (χ1v) is 11.8. The van der Waals surface area contributed by atoms with Crippen molar-refractivity contribution in [3.05, 3.63) is 51.7 Å². The standard InChI is InChI=1S/C22H27N3O2S2/c1-16-8-10-25(11-9-16)18(20-7-4-12-28-20)13-23-21(26)14-27-15-22-24-17-5-2-3-6-19(17)29-22/h2-7,12,16,18H,8-11,13-15H2,1H3,(H,23,26)/t18-/m1/s1. The van der Waals surface area contributed by atoms with Gasteiger partial charge in [0.2, 0.25) is 5.91 Å². The zero-order chi connectivity index (χ0) is 20.1. The summed E-state index contributed by atoms with van der Waals surface area (Å²) in [5.41, 5.74) is 0.982. The molecule has 0 bridgehead atoms. The van der Waals surface area contributed by atoms with Gasteiger partial charge in [0, 0.05) is 11.4 Å². The SMILES string of the molecule is CC1CCN([C@H](CNC(=O)COCc2nc3ccccc3s2)c2cccs2)CC1. The molecule has 1 saturated heterocycles. The Kier molecular flexibility index (Phi) is 6.92. The summed E-state index contributed by atoms with van der Waals surface area (Å²) >= 11 is 3.37. The number of likely N-dealkylation sites (tertiary alicyclic amines) is 1. The summed E-state index contributed by atoms with van der Waals surface area (Å²) in [6, 6.07) is 12.5. The minimum absolute atomic E-state index is 0.0596. The third kappa shape index (κ3) is 5.42. The molecule has 3 aromatic rings. The molecule has 3 heterocycles. The van der Waals surface area contributed by atoms with Crippen molar-refractivity contribution in [2.45, 2.75) is 32.4 Å². The van der Waals surface area contributed by atoms with E-state index in [4.69, 9.17) is 4.74 Å². The van der Waals surface area contributed by atoms with Gasteiger partial charge in [-0.3, -0.25) is 9.69 Å². The summed E-state index contributed by atoms with van der Waals surface area (Å²) in [6.45, 7) is 5.55. The number of ether oxygens (including phenoxy) is 1. The molecule has 0 aliphatic carbocycles. The molecule has 1 amide bonds. The highest BCUT2D eigenvalue weighted by Gasteiger charge is 2.25. The lowest BCUT2D eigenvalue weighted by molar-refractivity contribution is -0.126. The topological polar surface area (TPSA) is 54.5 Å². The average molecular weight is 430 g/mol. The van der Waals surface area contributed by atoms with Gasteiger partial charge < -0.3 is 10.1 Å². The predicted octanol–water partition coefficient (Wildman–Crippen LogP) is 4.46. The molecule has 1 aromatic carbocycles. The van der Waals surface area contributed by atoms with Crippen LogP contribution in [-0.2, 0) is 16.1 Å². The number of hydrogen-bond donors (Lipinski definition) is 1. The molecule has 7 heteroatoms. The van der Waals surface area contributed by atoms with Gasteiger partial charge in [-0.05, 0) is 55.4 Å². The molecule has 1 aliphatic rings.